The van der Waals surface area contributed by atoms with Crippen molar-refractivity contribution in [3.63, 3.8) is 0 Å². The Morgan fingerprint density at radius 1 is 1.14 bits per heavy atom. The number of aromatic nitrogens is 2. The van der Waals surface area contributed by atoms with Gasteiger partial charge in [0.1, 0.15) is 17.5 Å². The van der Waals surface area contributed by atoms with Crippen molar-refractivity contribution in [3.8, 4) is 0 Å². The standard InChI is InChI=1S/C16H24N4O/c1-6-17-13-11(2)14(18-9-12-7-8-21-10-12)20-15(19-13)16(3,4)5/h7-8,10H,6,9H2,1-5H3,(H2,17,18,19,20). The minimum absolute atomic E-state index is 0.0933. The van der Waals surface area contributed by atoms with Crippen molar-refractivity contribution in [1.29, 1.82) is 0 Å². The molecule has 2 aromatic rings. The highest BCUT2D eigenvalue weighted by atomic mass is 16.3. The average molecular weight is 288 g/mol. The molecule has 0 aliphatic rings. The topological polar surface area (TPSA) is 63.0 Å². The van der Waals surface area contributed by atoms with Crippen LogP contribution in [0, 0.1) is 6.92 Å². The molecule has 2 rings (SSSR count). The van der Waals surface area contributed by atoms with Gasteiger partial charge in [-0.2, -0.15) is 0 Å². The number of nitrogens with zero attached hydrogens (tertiary/aromatic N) is 2. The molecule has 2 heterocycles. The Labute approximate surface area is 126 Å². The van der Waals surface area contributed by atoms with Crippen LogP contribution in [0.5, 0.6) is 0 Å². The largest absolute Gasteiger partial charge is 0.472 e. The van der Waals surface area contributed by atoms with E-state index in [1.54, 1.807) is 12.5 Å². The number of anilines is 2. The maximum atomic E-state index is 5.09. The molecule has 2 N–H and O–H groups in total. The summed E-state index contributed by atoms with van der Waals surface area (Å²) in [6.07, 6.45) is 3.41. The summed E-state index contributed by atoms with van der Waals surface area (Å²) in [5.74, 6) is 2.60. The summed E-state index contributed by atoms with van der Waals surface area (Å²) in [5.41, 5.74) is 2.04. The van der Waals surface area contributed by atoms with E-state index in [1.165, 1.54) is 0 Å². The number of rotatable bonds is 5. The summed E-state index contributed by atoms with van der Waals surface area (Å²) >= 11 is 0. The summed E-state index contributed by atoms with van der Waals surface area (Å²) in [6.45, 7) is 12.0. The molecule has 0 saturated heterocycles. The molecule has 114 valence electrons. The maximum absolute atomic E-state index is 5.09. The number of hydrogen-bond acceptors (Lipinski definition) is 5. The van der Waals surface area contributed by atoms with Gasteiger partial charge in [0.2, 0.25) is 0 Å². The second-order valence-corrected chi connectivity index (χ2v) is 6.13. The minimum atomic E-state index is -0.0933. The van der Waals surface area contributed by atoms with Gasteiger partial charge in [-0.3, -0.25) is 0 Å². The van der Waals surface area contributed by atoms with Gasteiger partial charge in [0.05, 0.1) is 12.5 Å². The molecular formula is C16H24N4O. The van der Waals surface area contributed by atoms with Gasteiger partial charge in [-0.1, -0.05) is 20.8 Å². The number of hydrogen-bond donors (Lipinski definition) is 2. The van der Waals surface area contributed by atoms with Crippen LogP contribution in [0.25, 0.3) is 0 Å². The van der Waals surface area contributed by atoms with E-state index < -0.39 is 0 Å². The highest BCUT2D eigenvalue weighted by molar-refractivity contribution is 5.57. The Kier molecular flexibility index (Phi) is 4.50. The quantitative estimate of drug-likeness (QED) is 0.878. The number of nitrogens with one attached hydrogen (secondary N) is 2. The first kappa shape index (κ1) is 15.4. The lowest BCUT2D eigenvalue weighted by atomic mass is 9.95. The van der Waals surface area contributed by atoms with Crippen molar-refractivity contribution in [1.82, 2.24) is 9.97 Å². The zero-order valence-electron chi connectivity index (χ0n) is 13.4. The molecule has 5 nitrogen and oxygen atoms in total. The minimum Gasteiger partial charge on any atom is -0.472 e. The monoisotopic (exact) mass is 288 g/mol. The van der Waals surface area contributed by atoms with Gasteiger partial charge in [0.15, 0.2) is 0 Å². The van der Waals surface area contributed by atoms with E-state index >= 15 is 0 Å². The van der Waals surface area contributed by atoms with Crippen LogP contribution in [-0.2, 0) is 12.0 Å². The Balaban J connectivity index is 2.31. The fraction of sp³-hybridized carbons (Fsp3) is 0.500. The molecule has 0 spiro atoms. The van der Waals surface area contributed by atoms with Crippen molar-refractivity contribution in [2.24, 2.45) is 0 Å². The molecule has 2 aromatic heterocycles. The van der Waals surface area contributed by atoms with E-state index in [4.69, 9.17) is 9.40 Å². The van der Waals surface area contributed by atoms with E-state index in [0.29, 0.717) is 6.54 Å². The molecule has 5 heteroatoms. The number of furan rings is 1. The highest BCUT2D eigenvalue weighted by Crippen LogP contribution is 2.26. The van der Waals surface area contributed by atoms with E-state index in [2.05, 4.69) is 43.3 Å². The Morgan fingerprint density at radius 2 is 1.81 bits per heavy atom. The molecule has 0 aliphatic heterocycles. The van der Waals surface area contributed by atoms with Crippen LogP contribution in [0.1, 0.15) is 44.6 Å². The third kappa shape index (κ3) is 3.74. The lowest BCUT2D eigenvalue weighted by Crippen LogP contribution is -2.20. The molecular weight excluding hydrogens is 264 g/mol. The van der Waals surface area contributed by atoms with E-state index in [-0.39, 0.29) is 5.41 Å². The molecule has 21 heavy (non-hydrogen) atoms. The zero-order valence-corrected chi connectivity index (χ0v) is 13.4. The normalized spacial score (nSPS) is 11.5. The SMILES string of the molecule is CCNc1nc(C(C)(C)C)nc(NCc2ccoc2)c1C. The van der Waals surface area contributed by atoms with Gasteiger partial charge in [-0.15, -0.1) is 0 Å². The van der Waals surface area contributed by atoms with Gasteiger partial charge in [-0.05, 0) is 19.9 Å². The third-order valence-electron chi connectivity index (χ3n) is 3.20. The lowest BCUT2D eigenvalue weighted by Gasteiger charge is -2.21. The Bertz CT molecular complexity index is 585. The predicted octanol–water partition coefficient (Wildman–Crippen LogP) is 3.72. The van der Waals surface area contributed by atoms with Crippen LogP contribution in [0.4, 0.5) is 11.6 Å². The van der Waals surface area contributed by atoms with Crippen LogP contribution < -0.4 is 10.6 Å². The predicted molar refractivity (Wildman–Crippen MR) is 85.7 cm³/mol. The average Bonchev–Trinajstić information content (AvgIpc) is 2.91. The molecule has 0 radical (unpaired) electrons. The van der Waals surface area contributed by atoms with E-state index in [1.807, 2.05) is 13.0 Å². The molecule has 0 amide bonds. The Hall–Kier alpha value is -2.04. The van der Waals surface area contributed by atoms with Gasteiger partial charge < -0.3 is 15.1 Å². The van der Waals surface area contributed by atoms with E-state index in [9.17, 15) is 0 Å². The van der Waals surface area contributed by atoms with Crippen molar-refractivity contribution in [2.75, 3.05) is 17.2 Å². The van der Waals surface area contributed by atoms with Crippen molar-refractivity contribution >= 4 is 11.6 Å². The highest BCUT2D eigenvalue weighted by Gasteiger charge is 2.21. The fourth-order valence-electron chi connectivity index (χ4n) is 1.94. The first-order valence-electron chi connectivity index (χ1n) is 7.29. The second-order valence-electron chi connectivity index (χ2n) is 6.13. The first-order valence-corrected chi connectivity index (χ1v) is 7.29. The van der Waals surface area contributed by atoms with E-state index in [0.717, 1.165) is 35.1 Å². The van der Waals surface area contributed by atoms with Crippen LogP contribution in [-0.4, -0.2) is 16.5 Å². The van der Waals surface area contributed by atoms with Crippen molar-refractivity contribution in [3.05, 3.63) is 35.5 Å². The van der Waals surface area contributed by atoms with Crippen LogP contribution in [0.2, 0.25) is 0 Å². The third-order valence-corrected chi connectivity index (χ3v) is 3.20. The molecule has 0 aliphatic carbocycles. The summed E-state index contributed by atoms with van der Waals surface area (Å²) < 4.78 is 5.09. The molecule has 0 unspecified atom stereocenters. The van der Waals surface area contributed by atoms with Crippen molar-refractivity contribution < 1.29 is 4.42 Å². The second kappa shape index (κ2) is 6.16. The summed E-state index contributed by atoms with van der Waals surface area (Å²) in [4.78, 5) is 9.35. The Morgan fingerprint density at radius 3 is 2.33 bits per heavy atom. The molecule has 0 aromatic carbocycles. The van der Waals surface area contributed by atoms with Gasteiger partial charge in [-0.25, -0.2) is 9.97 Å². The fourth-order valence-corrected chi connectivity index (χ4v) is 1.94. The van der Waals surface area contributed by atoms with Crippen LogP contribution in [0.15, 0.2) is 23.0 Å². The summed E-state index contributed by atoms with van der Waals surface area (Å²) in [5, 5.41) is 6.69. The van der Waals surface area contributed by atoms with Crippen LogP contribution in [0.3, 0.4) is 0 Å². The maximum Gasteiger partial charge on any atom is 0.138 e. The first-order chi connectivity index (χ1) is 9.91. The summed E-state index contributed by atoms with van der Waals surface area (Å²) in [7, 11) is 0. The van der Waals surface area contributed by atoms with Crippen molar-refractivity contribution in [2.45, 2.75) is 46.6 Å². The summed E-state index contributed by atoms with van der Waals surface area (Å²) in [6, 6.07) is 1.94. The van der Waals surface area contributed by atoms with Gasteiger partial charge >= 0.3 is 0 Å². The van der Waals surface area contributed by atoms with Gasteiger partial charge in [0, 0.05) is 29.6 Å². The molecule has 0 saturated carbocycles. The smallest absolute Gasteiger partial charge is 0.138 e. The lowest BCUT2D eigenvalue weighted by molar-refractivity contribution is 0.546. The van der Waals surface area contributed by atoms with Gasteiger partial charge in [0.25, 0.3) is 0 Å². The molecule has 0 bridgehead atoms. The molecule has 0 fully saturated rings. The zero-order chi connectivity index (χ0) is 15.5. The molecule has 0 atom stereocenters. The van der Waals surface area contributed by atoms with Crippen LogP contribution >= 0.6 is 0 Å².